The first-order valence-electron chi connectivity index (χ1n) is 6.64. The predicted octanol–water partition coefficient (Wildman–Crippen LogP) is -0.425. The summed E-state index contributed by atoms with van der Waals surface area (Å²) in [6, 6.07) is 0.0147. The van der Waals surface area contributed by atoms with Crippen molar-refractivity contribution < 1.29 is 9.53 Å². The molecule has 2 saturated heterocycles. The molecule has 0 saturated carbocycles. The molecule has 17 heavy (non-hydrogen) atoms. The molecule has 2 heterocycles. The second kappa shape index (κ2) is 6.33. The number of carbonyl (C=O) groups is 1. The summed E-state index contributed by atoms with van der Waals surface area (Å²) in [6.45, 7) is 7.51. The van der Waals surface area contributed by atoms with Gasteiger partial charge in [-0.25, -0.2) is 0 Å². The summed E-state index contributed by atoms with van der Waals surface area (Å²) in [4.78, 5) is 14.2. The fourth-order valence-electron chi connectivity index (χ4n) is 2.44. The molecule has 2 N–H and O–H groups in total. The van der Waals surface area contributed by atoms with Crippen molar-refractivity contribution in [2.75, 3.05) is 39.3 Å². The van der Waals surface area contributed by atoms with E-state index in [0.717, 1.165) is 45.6 Å². The normalized spacial score (nSPS) is 30.4. The van der Waals surface area contributed by atoms with E-state index < -0.39 is 0 Å². The summed E-state index contributed by atoms with van der Waals surface area (Å²) in [5, 5.41) is 6.19. The Balaban J connectivity index is 1.68. The monoisotopic (exact) mass is 241 g/mol. The molecule has 98 valence electrons. The molecule has 0 aliphatic carbocycles. The Morgan fingerprint density at radius 2 is 2.47 bits per heavy atom. The number of amides is 1. The maximum Gasteiger partial charge on any atom is 0.237 e. The summed E-state index contributed by atoms with van der Waals surface area (Å²) >= 11 is 0. The van der Waals surface area contributed by atoms with Crippen LogP contribution >= 0.6 is 0 Å². The van der Waals surface area contributed by atoms with Crippen molar-refractivity contribution in [1.82, 2.24) is 15.5 Å². The summed E-state index contributed by atoms with van der Waals surface area (Å²) < 4.78 is 5.65. The minimum absolute atomic E-state index is 0.0147. The molecule has 2 fully saturated rings. The Kier molecular flexibility index (Phi) is 4.76. The van der Waals surface area contributed by atoms with E-state index in [1.165, 1.54) is 0 Å². The van der Waals surface area contributed by atoms with Crippen LogP contribution in [0.4, 0.5) is 0 Å². The number of nitrogens with one attached hydrogen (secondary N) is 2. The number of likely N-dealkylation sites (N-methyl/N-ethyl adjacent to an activating group) is 1. The van der Waals surface area contributed by atoms with Crippen LogP contribution in [0.5, 0.6) is 0 Å². The van der Waals surface area contributed by atoms with Crippen molar-refractivity contribution in [3.8, 4) is 0 Å². The minimum Gasteiger partial charge on any atom is -0.374 e. The summed E-state index contributed by atoms with van der Waals surface area (Å²) in [5.74, 6) is 0.125. The Bertz CT molecular complexity index is 254. The van der Waals surface area contributed by atoms with Gasteiger partial charge in [0.15, 0.2) is 0 Å². The van der Waals surface area contributed by atoms with Gasteiger partial charge in [0.2, 0.25) is 5.91 Å². The van der Waals surface area contributed by atoms with Crippen molar-refractivity contribution in [2.24, 2.45) is 0 Å². The van der Waals surface area contributed by atoms with E-state index in [1.54, 1.807) is 0 Å². The molecule has 5 heteroatoms. The third kappa shape index (κ3) is 3.66. The minimum atomic E-state index is 0.0147. The van der Waals surface area contributed by atoms with E-state index in [0.29, 0.717) is 6.54 Å². The SMILES string of the molecule is CCN1CCOC(CNC(=O)[C@@H]2CCCN2)C1. The second-order valence-electron chi connectivity index (χ2n) is 4.78. The highest BCUT2D eigenvalue weighted by molar-refractivity contribution is 5.82. The number of hydrogen-bond acceptors (Lipinski definition) is 4. The van der Waals surface area contributed by atoms with E-state index in [-0.39, 0.29) is 18.1 Å². The first kappa shape index (κ1) is 12.8. The predicted molar refractivity (Wildman–Crippen MR) is 65.9 cm³/mol. The lowest BCUT2D eigenvalue weighted by Gasteiger charge is -2.32. The Hall–Kier alpha value is -0.650. The van der Waals surface area contributed by atoms with Gasteiger partial charge in [0, 0.05) is 19.6 Å². The van der Waals surface area contributed by atoms with Crippen LogP contribution in [-0.4, -0.2) is 62.3 Å². The van der Waals surface area contributed by atoms with Gasteiger partial charge < -0.3 is 15.4 Å². The average Bonchev–Trinajstić information content (AvgIpc) is 2.90. The van der Waals surface area contributed by atoms with Crippen LogP contribution in [0.15, 0.2) is 0 Å². The molecule has 1 unspecified atom stereocenters. The van der Waals surface area contributed by atoms with Gasteiger partial charge in [0.25, 0.3) is 0 Å². The zero-order valence-electron chi connectivity index (χ0n) is 10.6. The number of rotatable bonds is 4. The number of carbonyl (C=O) groups excluding carboxylic acids is 1. The lowest BCUT2D eigenvalue weighted by atomic mass is 10.2. The molecule has 2 rings (SSSR count). The lowest BCUT2D eigenvalue weighted by molar-refractivity contribution is -0.124. The third-order valence-corrected chi connectivity index (χ3v) is 3.55. The molecule has 0 bridgehead atoms. The Morgan fingerprint density at radius 1 is 1.59 bits per heavy atom. The maximum atomic E-state index is 11.8. The highest BCUT2D eigenvalue weighted by Crippen LogP contribution is 2.06. The molecule has 2 aliphatic rings. The van der Waals surface area contributed by atoms with Crippen LogP contribution in [0.2, 0.25) is 0 Å². The number of morpholine rings is 1. The largest absolute Gasteiger partial charge is 0.374 e. The lowest BCUT2D eigenvalue weighted by Crippen LogP contribution is -2.49. The Morgan fingerprint density at radius 3 is 3.18 bits per heavy atom. The van der Waals surface area contributed by atoms with E-state index in [2.05, 4.69) is 22.5 Å². The molecule has 0 radical (unpaired) electrons. The fourth-order valence-corrected chi connectivity index (χ4v) is 2.44. The maximum absolute atomic E-state index is 11.8. The molecule has 2 atom stereocenters. The van der Waals surface area contributed by atoms with Gasteiger partial charge in [-0.05, 0) is 25.9 Å². The van der Waals surface area contributed by atoms with Crippen LogP contribution in [0.1, 0.15) is 19.8 Å². The topological polar surface area (TPSA) is 53.6 Å². The quantitative estimate of drug-likeness (QED) is 0.701. The van der Waals surface area contributed by atoms with Gasteiger partial charge in [-0.1, -0.05) is 6.92 Å². The molecule has 0 aromatic rings. The van der Waals surface area contributed by atoms with Crippen molar-refractivity contribution in [3.05, 3.63) is 0 Å². The van der Waals surface area contributed by atoms with Gasteiger partial charge in [-0.15, -0.1) is 0 Å². The van der Waals surface area contributed by atoms with E-state index >= 15 is 0 Å². The summed E-state index contributed by atoms with van der Waals surface area (Å²) in [6.07, 6.45) is 2.20. The summed E-state index contributed by atoms with van der Waals surface area (Å²) in [5.41, 5.74) is 0. The van der Waals surface area contributed by atoms with E-state index in [9.17, 15) is 4.79 Å². The van der Waals surface area contributed by atoms with E-state index in [1.807, 2.05) is 0 Å². The first-order chi connectivity index (χ1) is 8.29. The molecular weight excluding hydrogens is 218 g/mol. The van der Waals surface area contributed by atoms with Crippen LogP contribution in [0.3, 0.4) is 0 Å². The smallest absolute Gasteiger partial charge is 0.237 e. The van der Waals surface area contributed by atoms with Crippen molar-refractivity contribution in [1.29, 1.82) is 0 Å². The van der Waals surface area contributed by atoms with Crippen LogP contribution < -0.4 is 10.6 Å². The van der Waals surface area contributed by atoms with Crippen LogP contribution in [0, 0.1) is 0 Å². The molecule has 0 aromatic heterocycles. The molecule has 2 aliphatic heterocycles. The molecular formula is C12H23N3O2. The fraction of sp³-hybridized carbons (Fsp3) is 0.917. The molecule has 0 aromatic carbocycles. The van der Waals surface area contributed by atoms with Crippen molar-refractivity contribution in [3.63, 3.8) is 0 Å². The van der Waals surface area contributed by atoms with Crippen molar-refractivity contribution in [2.45, 2.75) is 31.9 Å². The van der Waals surface area contributed by atoms with Gasteiger partial charge >= 0.3 is 0 Å². The summed E-state index contributed by atoms with van der Waals surface area (Å²) in [7, 11) is 0. The van der Waals surface area contributed by atoms with Gasteiger partial charge in [0.1, 0.15) is 0 Å². The van der Waals surface area contributed by atoms with E-state index in [4.69, 9.17) is 4.74 Å². The standard InChI is InChI=1S/C12H23N3O2/c1-2-15-6-7-17-10(9-15)8-14-12(16)11-4-3-5-13-11/h10-11,13H,2-9H2,1H3,(H,14,16)/t10?,11-/m0/s1. The van der Waals surface area contributed by atoms with Gasteiger partial charge in [-0.2, -0.15) is 0 Å². The number of nitrogens with zero attached hydrogens (tertiary/aromatic N) is 1. The Labute approximate surface area is 103 Å². The van der Waals surface area contributed by atoms with Gasteiger partial charge in [-0.3, -0.25) is 9.69 Å². The first-order valence-corrected chi connectivity index (χ1v) is 6.64. The second-order valence-corrected chi connectivity index (χ2v) is 4.78. The number of hydrogen-bond donors (Lipinski definition) is 2. The zero-order chi connectivity index (χ0) is 12.1. The third-order valence-electron chi connectivity index (χ3n) is 3.55. The highest BCUT2D eigenvalue weighted by Gasteiger charge is 2.24. The van der Waals surface area contributed by atoms with Gasteiger partial charge in [0.05, 0.1) is 18.8 Å². The molecule has 1 amide bonds. The van der Waals surface area contributed by atoms with Crippen molar-refractivity contribution >= 4 is 5.91 Å². The number of ether oxygens (including phenoxy) is 1. The van der Waals surface area contributed by atoms with Crippen LogP contribution in [0.25, 0.3) is 0 Å². The average molecular weight is 241 g/mol. The highest BCUT2D eigenvalue weighted by atomic mass is 16.5. The van der Waals surface area contributed by atoms with Crippen LogP contribution in [-0.2, 0) is 9.53 Å². The molecule has 5 nitrogen and oxygen atoms in total. The molecule has 0 spiro atoms. The zero-order valence-corrected chi connectivity index (χ0v) is 10.6.